The highest BCUT2D eigenvalue weighted by Gasteiger charge is 2.24. The van der Waals surface area contributed by atoms with E-state index in [1.165, 1.54) is 0 Å². The zero-order chi connectivity index (χ0) is 36.2. The largest absolute Gasteiger partial charge is 0.317 e. The van der Waals surface area contributed by atoms with E-state index in [1.807, 2.05) is 91.0 Å². The van der Waals surface area contributed by atoms with E-state index in [-0.39, 0.29) is 0 Å². The van der Waals surface area contributed by atoms with Crippen LogP contribution in [-0.2, 0) is 0 Å². The van der Waals surface area contributed by atoms with Crippen molar-refractivity contribution in [3.05, 3.63) is 187 Å². The number of rotatable bonds is 5. The fourth-order valence-corrected chi connectivity index (χ4v) is 7.84. The van der Waals surface area contributed by atoms with Gasteiger partial charge < -0.3 is 9.13 Å². The predicted molar refractivity (Wildman–Crippen MR) is 218 cm³/mol. The van der Waals surface area contributed by atoms with Gasteiger partial charge in [0.1, 0.15) is 11.6 Å². The van der Waals surface area contributed by atoms with Crippen LogP contribution in [0.4, 0.5) is 5.69 Å². The van der Waals surface area contributed by atoms with Gasteiger partial charge in [0.15, 0.2) is 5.82 Å². The van der Waals surface area contributed by atoms with Crippen LogP contribution in [0.1, 0.15) is 5.56 Å². The Bertz CT molecular complexity index is 3160. The predicted octanol–water partition coefficient (Wildman–Crippen LogP) is 12.1. The molecule has 250 valence electrons. The average molecular weight is 689 g/mol. The first-order valence-corrected chi connectivity index (χ1v) is 17.7. The van der Waals surface area contributed by atoms with Gasteiger partial charge in [0, 0.05) is 38.4 Å². The number of aromatic nitrogens is 4. The first-order valence-electron chi connectivity index (χ1n) is 17.7. The molecule has 0 aliphatic rings. The van der Waals surface area contributed by atoms with E-state index in [0.717, 1.165) is 66.1 Å². The molecule has 0 bridgehead atoms. The Morgan fingerprint density at radius 2 is 1.02 bits per heavy atom. The number of nitrogens with zero attached hydrogens (tertiary/aromatic N) is 6. The van der Waals surface area contributed by atoms with Gasteiger partial charge in [-0.25, -0.2) is 14.8 Å². The third-order valence-corrected chi connectivity index (χ3v) is 10.2. The number of para-hydroxylation sites is 3. The molecular weight excluding hydrogens is 661 g/mol. The zero-order valence-corrected chi connectivity index (χ0v) is 28.8. The summed E-state index contributed by atoms with van der Waals surface area (Å²) in [5.74, 6) is 0.510. The minimum absolute atomic E-state index is 0.357. The number of hydrogen-bond acceptors (Lipinski definition) is 3. The van der Waals surface area contributed by atoms with E-state index < -0.39 is 0 Å². The highest BCUT2D eigenvalue weighted by molar-refractivity contribution is 6.24. The molecule has 0 radical (unpaired) electrons. The van der Waals surface area contributed by atoms with Crippen molar-refractivity contribution >= 4 is 49.3 Å². The van der Waals surface area contributed by atoms with Crippen molar-refractivity contribution in [2.45, 2.75) is 0 Å². The minimum atomic E-state index is 0.357. The second-order valence-corrected chi connectivity index (χ2v) is 13.2. The normalized spacial score (nSPS) is 11.3. The molecule has 10 rings (SSSR count). The lowest BCUT2D eigenvalue weighted by Gasteiger charge is -2.16. The molecule has 0 saturated heterocycles. The quantitative estimate of drug-likeness (QED) is 0.169. The molecule has 7 aromatic carbocycles. The van der Waals surface area contributed by atoms with E-state index >= 15 is 0 Å². The standard InChI is InChI=1S/C48H28N6/c1-50-40-29-33(45-39(30-49)44(31-15-5-2-6-16-31)51-48(52-45)32-17-7-3-8-18-32)25-28-43(40)54-42-24-14-12-22-36(42)38-27-26-37-35-21-11-13-23-41(35)53(46(37)47(38)54)34-19-9-4-10-20-34/h2-29H. The van der Waals surface area contributed by atoms with Crippen molar-refractivity contribution in [2.24, 2.45) is 0 Å². The fraction of sp³-hybridized carbons (Fsp3) is 0. The summed E-state index contributed by atoms with van der Waals surface area (Å²) in [6.07, 6.45) is 0. The summed E-state index contributed by atoms with van der Waals surface area (Å²) in [4.78, 5) is 14.1. The van der Waals surface area contributed by atoms with Gasteiger partial charge in [0.25, 0.3) is 0 Å². The third kappa shape index (κ3) is 4.72. The van der Waals surface area contributed by atoms with Crippen molar-refractivity contribution in [1.29, 1.82) is 5.26 Å². The van der Waals surface area contributed by atoms with Crippen LogP contribution in [0.15, 0.2) is 170 Å². The van der Waals surface area contributed by atoms with Crippen molar-refractivity contribution in [3.63, 3.8) is 0 Å². The number of nitriles is 1. The molecular formula is C48H28N6. The summed E-state index contributed by atoms with van der Waals surface area (Å²) in [6.45, 7) is 8.55. The highest BCUT2D eigenvalue weighted by atomic mass is 15.1. The van der Waals surface area contributed by atoms with E-state index in [2.05, 4.69) is 98.9 Å². The lowest BCUT2D eigenvalue weighted by Crippen LogP contribution is -2.02. The average Bonchev–Trinajstić information content (AvgIpc) is 3.77. The Morgan fingerprint density at radius 1 is 0.500 bits per heavy atom. The zero-order valence-electron chi connectivity index (χ0n) is 28.8. The molecule has 0 amide bonds. The highest BCUT2D eigenvalue weighted by Crippen LogP contribution is 2.44. The molecule has 0 unspecified atom stereocenters. The first-order chi connectivity index (χ1) is 26.7. The Morgan fingerprint density at radius 3 is 1.63 bits per heavy atom. The van der Waals surface area contributed by atoms with Crippen molar-refractivity contribution in [3.8, 4) is 51.3 Å². The van der Waals surface area contributed by atoms with Gasteiger partial charge in [0.05, 0.1) is 45.7 Å². The Hall–Kier alpha value is -7.80. The Labute approximate surface area is 310 Å². The van der Waals surface area contributed by atoms with E-state index in [0.29, 0.717) is 34.0 Å². The topological polar surface area (TPSA) is 63.8 Å². The van der Waals surface area contributed by atoms with E-state index in [1.54, 1.807) is 0 Å². The minimum Gasteiger partial charge on any atom is -0.317 e. The van der Waals surface area contributed by atoms with Gasteiger partial charge >= 0.3 is 0 Å². The van der Waals surface area contributed by atoms with Gasteiger partial charge in [-0.3, -0.25) is 0 Å². The molecule has 54 heavy (non-hydrogen) atoms. The van der Waals surface area contributed by atoms with Gasteiger partial charge in [-0.05, 0) is 42.0 Å². The Kier molecular flexibility index (Phi) is 7.15. The third-order valence-electron chi connectivity index (χ3n) is 10.2. The van der Waals surface area contributed by atoms with Crippen molar-refractivity contribution in [1.82, 2.24) is 19.1 Å². The number of hydrogen-bond donors (Lipinski definition) is 0. The fourth-order valence-electron chi connectivity index (χ4n) is 7.84. The van der Waals surface area contributed by atoms with Crippen LogP contribution in [0.3, 0.4) is 0 Å². The van der Waals surface area contributed by atoms with E-state index in [9.17, 15) is 5.26 Å². The molecule has 6 nitrogen and oxygen atoms in total. The van der Waals surface area contributed by atoms with Crippen LogP contribution in [0.25, 0.3) is 93.7 Å². The van der Waals surface area contributed by atoms with Gasteiger partial charge in [-0.2, -0.15) is 5.26 Å². The second kappa shape index (κ2) is 12.5. The molecule has 10 aromatic rings. The molecule has 0 aliphatic carbocycles. The van der Waals surface area contributed by atoms with Gasteiger partial charge in [-0.1, -0.05) is 133 Å². The first kappa shape index (κ1) is 31.0. The molecule has 0 saturated carbocycles. The van der Waals surface area contributed by atoms with Crippen molar-refractivity contribution < 1.29 is 0 Å². The van der Waals surface area contributed by atoms with Gasteiger partial charge in [-0.15, -0.1) is 0 Å². The molecule has 0 N–H and O–H groups in total. The van der Waals surface area contributed by atoms with Crippen LogP contribution in [0, 0.1) is 17.9 Å². The van der Waals surface area contributed by atoms with Crippen molar-refractivity contribution in [2.75, 3.05) is 0 Å². The summed E-state index contributed by atoms with van der Waals surface area (Å²) in [5, 5.41) is 15.1. The maximum absolute atomic E-state index is 10.6. The molecule has 0 atom stereocenters. The molecule has 3 heterocycles. The summed E-state index contributed by atoms with van der Waals surface area (Å²) >= 11 is 0. The van der Waals surface area contributed by atoms with E-state index in [4.69, 9.17) is 16.5 Å². The monoisotopic (exact) mass is 688 g/mol. The summed E-state index contributed by atoms with van der Waals surface area (Å²) in [6, 6.07) is 59.5. The van der Waals surface area contributed by atoms with Crippen LogP contribution >= 0.6 is 0 Å². The lowest BCUT2D eigenvalue weighted by molar-refractivity contribution is 1.15. The lowest BCUT2D eigenvalue weighted by atomic mass is 9.99. The van der Waals surface area contributed by atoms with Crippen LogP contribution in [0.2, 0.25) is 0 Å². The van der Waals surface area contributed by atoms with Crippen LogP contribution in [0.5, 0.6) is 0 Å². The number of benzene rings is 7. The Balaban J connectivity index is 1.28. The maximum Gasteiger partial charge on any atom is 0.211 e. The summed E-state index contributed by atoms with van der Waals surface area (Å²) in [5.41, 5.74) is 10.2. The molecule has 0 spiro atoms. The SMILES string of the molecule is [C-]#[N+]c1cc(-c2nc(-c3ccccc3)nc(-c3ccccc3)c2C#N)ccc1-n1c2ccccc2c2ccc3c4ccccc4n(-c4ccccc4)c3c21. The van der Waals surface area contributed by atoms with Crippen LogP contribution < -0.4 is 0 Å². The number of fused-ring (bicyclic) bond motifs is 7. The van der Waals surface area contributed by atoms with Crippen LogP contribution in [-0.4, -0.2) is 19.1 Å². The maximum atomic E-state index is 10.6. The molecule has 6 heteroatoms. The molecule has 0 aliphatic heterocycles. The summed E-state index contributed by atoms with van der Waals surface area (Å²) < 4.78 is 4.57. The summed E-state index contributed by atoms with van der Waals surface area (Å²) in [7, 11) is 0. The molecule has 0 fully saturated rings. The van der Waals surface area contributed by atoms with Gasteiger partial charge in [0.2, 0.25) is 5.69 Å². The molecule has 3 aromatic heterocycles. The second-order valence-electron chi connectivity index (χ2n) is 13.2. The smallest absolute Gasteiger partial charge is 0.211 e.